The lowest BCUT2D eigenvalue weighted by atomic mass is 10.1. The van der Waals surface area contributed by atoms with Gasteiger partial charge in [-0.2, -0.15) is 0 Å². The summed E-state index contributed by atoms with van der Waals surface area (Å²) in [6.07, 6.45) is 0.314. The van der Waals surface area contributed by atoms with Crippen LogP contribution in [0.25, 0.3) is 0 Å². The number of halogens is 1. The summed E-state index contributed by atoms with van der Waals surface area (Å²) in [6, 6.07) is 15.2. The zero-order chi connectivity index (χ0) is 19.2. The Kier molecular flexibility index (Phi) is 6.35. The largest absolute Gasteiger partial charge is 0.368 e. The first-order valence-corrected chi connectivity index (χ1v) is 9.54. The molecule has 27 heavy (non-hydrogen) atoms. The first kappa shape index (κ1) is 19.2. The molecule has 0 aliphatic carbocycles. The van der Waals surface area contributed by atoms with Gasteiger partial charge in [0, 0.05) is 55.4 Å². The van der Waals surface area contributed by atoms with Crippen molar-refractivity contribution in [2.75, 3.05) is 37.6 Å². The van der Waals surface area contributed by atoms with E-state index in [1.165, 1.54) is 0 Å². The number of aryl methyl sites for hydroxylation is 1. The fraction of sp³-hybridized carbons (Fsp3) is 0.333. The summed E-state index contributed by atoms with van der Waals surface area (Å²) < 4.78 is 0. The maximum absolute atomic E-state index is 12.4. The Morgan fingerprint density at radius 1 is 1.04 bits per heavy atom. The summed E-state index contributed by atoms with van der Waals surface area (Å²) >= 11 is 6.05. The Bertz CT molecular complexity index is 817. The number of piperazine rings is 1. The van der Waals surface area contributed by atoms with Crippen molar-refractivity contribution >= 4 is 29.1 Å². The molecule has 1 N–H and O–H groups in total. The summed E-state index contributed by atoms with van der Waals surface area (Å²) in [4.78, 5) is 28.6. The van der Waals surface area contributed by atoms with E-state index in [4.69, 9.17) is 11.6 Å². The number of amides is 2. The minimum atomic E-state index is -0.141. The Morgan fingerprint density at radius 2 is 1.78 bits per heavy atom. The predicted molar refractivity (Wildman–Crippen MR) is 108 cm³/mol. The van der Waals surface area contributed by atoms with Gasteiger partial charge in [-0.05, 0) is 37.3 Å². The summed E-state index contributed by atoms with van der Waals surface area (Å²) in [5.74, 6) is -0.0671. The third kappa shape index (κ3) is 5.23. The molecule has 3 rings (SSSR count). The van der Waals surface area contributed by atoms with Crippen LogP contribution < -0.4 is 10.2 Å². The first-order chi connectivity index (χ1) is 13.0. The second kappa shape index (κ2) is 8.91. The molecule has 0 radical (unpaired) electrons. The molecule has 5 nitrogen and oxygen atoms in total. The number of carbonyl (C=O) groups excluding carboxylic acids is 2. The lowest BCUT2D eigenvalue weighted by molar-refractivity contribution is -0.131. The maximum atomic E-state index is 12.4. The van der Waals surface area contributed by atoms with Crippen molar-refractivity contribution in [3.63, 3.8) is 0 Å². The van der Waals surface area contributed by atoms with Crippen molar-refractivity contribution in [2.24, 2.45) is 0 Å². The second-order valence-electron chi connectivity index (χ2n) is 6.72. The zero-order valence-electron chi connectivity index (χ0n) is 15.5. The van der Waals surface area contributed by atoms with Crippen LogP contribution in [0.4, 0.5) is 5.69 Å². The molecular formula is C21H24ClN3O2. The van der Waals surface area contributed by atoms with Gasteiger partial charge in [-0.15, -0.1) is 0 Å². The molecule has 1 aliphatic rings. The van der Waals surface area contributed by atoms with Gasteiger partial charge in [0.25, 0.3) is 5.91 Å². The molecule has 6 heteroatoms. The summed E-state index contributed by atoms with van der Waals surface area (Å²) in [7, 11) is 0. The van der Waals surface area contributed by atoms with Gasteiger partial charge in [0.1, 0.15) is 0 Å². The molecular weight excluding hydrogens is 362 g/mol. The summed E-state index contributed by atoms with van der Waals surface area (Å²) in [5, 5.41) is 3.54. The Balaban J connectivity index is 1.42. The van der Waals surface area contributed by atoms with E-state index in [-0.39, 0.29) is 11.8 Å². The van der Waals surface area contributed by atoms with Gasteiger partial charge >= 0.3 is 0 Å². The van der Waals surface area contributed by atoms with E-state index >= 15 is 0 Å². The topological polar surface area (TPSA) is 52.7 Å². The van der Waals surface area contributed by atoms with Crippen LogP contribution in [0.2, 0.25) is 5.02 Å². The number of hydrogen-bond donors (Lipinski definition) is 1. The molecule has 1 aliphatic heterocycles. The van der Waals surface area contributed by atoms with Crippen LogP contribution in [0, 0.1) is 6.92 Å². The Morgan fingerprint density at radius 3 is 2.48 bits per heavy atom. The van der Waals surface area contributed by atoms with E-state index in [9.17, 15) is 9.59 Å². The summed E-state index contributed by atoms with van der Waals surface area (Å²) in [6.45, 7) is 5.21. The van der Waals surface area contributed by atoms with Gasteiger partial charge in [0.05, 0.1) is 0 Å². The molecule has 0 bridgehead atoms. The highest BCUT2D eigenvalue weighted by Gasteiger charge is 2.21. The van der Waals surface area contributed by atoms with Crippen molar-refractivity contribution in [3.8, 4) is 0 Å². The highest BCUT2D eigenvalue weighted by molar-refractivity contribution is 6.30. The lowest BCUT2D eigenvalue weighted by Gasteiger charge is -2.36. The third-order valence-corrected chi connectivity index (χ3v) is 4.95. The number of rotatable bonds is 5. The highest BCUT2D eigenvalue weighted by atomic mass is 35.5. The van der Waals surface area contributed by atoms with Gasteiger partial charge in [0.2, 0.25) is 5.91 Å². The average Bonchev–Trinajstić information content (AvgIpc) is 2.68. The fourth-order valence-corrected chi connectivity index (χ4v) is 3.40. The van der Waals surface area contributed by atoms with Gasteiger partial charge in [-0.1, -0.05) is 35.4 Å². The molecule has 0 saturated carbocycles. The molecule has 1 saturated heterocycles. The minimum Gasteiger partial charge on any atom is -0.368 e. The minimum absolute atomic E-state index is 0.0743. The molecule has 0 unspecified atom stereocenters. The van der Waals surface area contributed by atoms with E-state index in [2.05, 4.69) is 10.2 Å². The Labute approximate surface area is 164 Å². The number of benzene rings is 2. The van der Waals surface area contributed by atoms with Crippen molar-refractivity contribution < 1.29 is 9.59 Å². The van der Waals surface area contributed by atoms with Crippen LogP contribution in [-0.4, -0.2) is 49.4 Å². The standard InChI is InChI=1S/C21H24ClN3O2/c1-16-4-2-5-17(14-16)21(27)23-9-8-20(26)25-12-10-24(11-13-25)19-7-3-6-18(22)15-19/h2-7,14-15H,8-13H2,1H3,(H,23,27). The van der Waals surface area contributed by atoms with Crippen LogP contribution in [0.3, 0.4) is 0 Å². The molecule has 2 amide bonds. The average molecular weight is 386 g/mol. The first-order valence-electron chi connectivity index (χ1n) is 9.16. The van der Waals surface area contributed by atoms with Crippen LogP contribution in [0.1, 0.15) is 22.3 Å². The van der Waals surface area contributed by atoms with Crippen LogP contribution >= 0.6 is 11.6 Å². The van der Waals surface area contributed by atoms with Crippen LogP contribution in [-0.2, 0) is 4.79 Å². The highest BCUT2D eigenvalue weighted by Crippen LogP contribution is 2.20. The molecule has 1 heterocycles. The van der Waals surface area contributed by atoms with E-state index < -0.39 is 0 Å². The second-order valence-corrected chi connectivity index (χ2v) is 7.16. The van der Waals surface area contributed by atoms with E-state index in [1.807, 2.05) is 54.3 Å². The monoisotopic (exact) mass is 385 g/mol. The SMILES string of the molecule is Cc1cccc(C(=O)NCCC(=O)N2CCN(c3cccc(Cl)c3)CC2)c1. The Hall–Kier alpha value is -2.53. The van der Waals surface area contributed by atoms with E-state index in [1.54, 1.807) is 6.07 Å². The molecule has 2 aromatic rings. The number of carbonyl (C=O) groups is 2. The lowest BCUT2D eigenvalue weighted by Crippen LogP contribution is -2.49. The van der Waals surface area contributed by atoms with Crippen molar-refractivity contribution in [3.05, 3.63) is 64.7 Å². The number of nitrogens with zero attached hydrogens (tertiary/aromatic N) is 2. The molecule has 1 fully saturated rings. The van der Waals surface area contributed by atoms with Crippen LogP contribution in [0.15, 0.2) is 48.5 Å². The van der Waals surface area contributed by atoms with Crippen molar-refractivity contribution in [2.45, 2.75) is 13.3 Å². The quantitative estimate of drug-likeness (QED) is 0.860. The fourth-order valence-electron chi connectivity index (χ4n) is 3.22. The number of nitrogens with one attached hydrogen (secondary N) is 1. The number of hydrogen-bond acceptors (Lipinski definition) is 3. The van der Waals surface area contributed by atoms with Gasteiger partial charge in [0.15, 0.2) is 0 Å². The summed E-state index contributed by atoms with van der Waals surface area (Å²) in [5.41, 5.74) is 2.74. The third-order valence-electron chi connectivity index (χ3n) is 4.71. The zero-order valence-corrected chi connectivity index (χ0v) is 16.2. The molecule has 0 aromatic heterocycles. The van der Waals surface area contributed by atoms with Crippen molar-refractivity contribution in [1.82, 2.24) is 10.2 Å². The van der Waals surface area contributed by atoms with Gasteiger partial charge in [-0.25, -0.2) is 0 Å². The number of anilines is 1. The molecule has 142 valence electrons. The normalized spacial score (nSPS) is 14.1. The molecule has 2 aromatic carbocycles. The maximum Gasteiger partial charge on any atom is 0.251 e. The van der Waals surface area contributed by atoms with Gasteiger partial charge in [-0.3, -0.25) is 9.59 Å². The van der Waals surface area contributed by atoms with E-state index in [0.29, 0.717) is 31.6 Å². The molecule has 0 spiro atoms. The van der Waals surface area contributed by atoms with Crippen LogP contribution in [0.5, 0.6) is 0 Å². The van der Waals surface area contributed by atoms with Crippen molar-refractivity contribution in [1.29, 1.82) is 0 Å². The smallest absolute Gasteiger partial charge is 0.251 e. The van der Waals surface area contributed by atoms with Gasteiger partial charge < -0.3 is 15.1 Å². The van der Waals surface area contributed by atoms with E-state index in [0.717, 1.165) is 29.4 Å². The predicted octanol–water partition coefficient (Wildman–Crippen LogP) is 3.12. The molecule has 0 atom stereocenters.